The summed E-state index contributed by atoms with van der Waals surface area (Å²) in [5.41, 5.74) is 1.56. The van der Waals surface area contributed by atoms with Crippen molar-refractivity contribution < 1.29 is 14.7 Å². The van der Waals surface area contributed by atoms with Crippen LogP contribution in [0.4, 0.5) is 0 Å². The predicted octanol–water partition coefficient (Wildman–Crippen LogP) is 1.24. The molecule has 158 valence electrons. The molecule has 0 bridgehead atoms. The molecule has 0 unspecified atom stereocenters. The molecule has 1 atom stereocenters. The lowest BCUT2D eigenvalue weighted by Crippen LogP contribution is -2.51. The van der Waals surface area contributed by atoms with Crippen molar-refractivity contribution >= 4 is 34.4 Å². The lowest BCUT2D eigenvalue weighted by Gasteiger charge is -2.37. The van der Waals surface area contributed by atoms with Crippen LogP contribution in [0.1, 0.15) is 11.6 Å². The van der Waals surface area contributed by atoms with Gasteiger partial charge >= 0.3 is 5.97 Å². The zero-order chi connectivity index (χ0) is 21.0. The van der Waals surface area contributed by atoms with Gasteiger partial charge in [0.1, 0.15) is 6.04 Å². The number of benzene rings is 1. The van der Waals surface area contributed by atoms with E-state index in [1.165, 1.54) is 0 Å². The van der Waals surface area contributed by atoms with Gasteiger partial charge in [-0.2, -0.15) is 0 Å². The quantitative estimate of drug-likeness (QED) is 0.594. The summed E-state index contributed by atoms with van der Waals surface area (Å²) in [6, 6.07) is 4.69. The van der Waals surface area contributed by atoms with E-state index in [-0.39, 0.29) is 5.91 Å². The summed E-state index contributed by atoms with van der Waals surface area (Å²) >= 11 is 6.04. The van der Waals surface area contributed by atoms with E-state index in [0.29, 0.717) is 44.3 Å². The molecule has 0 radical (unpaired) electrons. The van der Waals surface area contributed by atoms with Crippen molar-refractivity contribution in [2.45, 2.75) is 6.04 Å². The highest BCUT2D eigenvalue weighted by Gasteiger charge is 2.32. The van der Waals surface area contributed by atoms with Crippen LogP contribution in [0, 0.1) is 0 Å². The van der Waals surface area contributed by atoms with E-state index in [9.17, 15) is 14.7 Å². The second-order valence-electron chi connectivity index (χ2n) is 7.64. The second-order valence-corrected chi connectivity index (χ2v) is 8.08. The number of carboxylic acids is 1. The van der Waals surface area contributed by atoms with Gasteiger partial charge in [0.05, 0.1) is 6.54 Å². The Morgan fingerprint density at radius 2 is 2.00 bits per heavy atom. The molecule has 29 heavy (non-hydrogen) atoms. The molecular formula is C20H28ClN5O3. The van der Waals surface area contributed by atoms with Gasteiger partial charge in [0.25, 0.3) is 0 Å². The number of rotatable bonds is 8. The Hall–Kier alpha value is -2.13. The number of likely N-dealkylation sites (N-methyl/N-ethyl adjacent to an activating group) is 1. The molecule has 2 heterocycles. The molecule has 1 aliphatic heterocycles. The number of piperazine rings is 1. The number of hydrogen-bond acceptors (Lipinski definition) is 5. The molecule has 3 N–H and O–H groups in total. The maximum Gasteiger partial charge on any atom is 0.325 e. The number of nitrogens with zero attached hydrogens (tertiary/aromatic N) is 3. The number of fused-ring (bicyclic) bond motifs is 1. The third kappa shape index (κ3) is 5.48. The van der Waals surface area contributed by atoms with Crippen molar-refractivity contribution in [3.8, 4) is 0 Å². The number of carbonyl (C=O) groups is 2. The third-order valence-corrected chi connectivity index (χ3v) is 5.46. The van der Waals surface area contributed by atoms with Gasteiger partial charge in [-0.15, -0.1) is 0 Å². The van der Waals surface area contributed by atoms with Gasteiger partial charge in [-0.1, -0.05) is 17.7 Å². The fraction of sp³-hybridized carbons (Fsp3) is 0.500. The molecule has 1 amide bonds. The maximum atomic E-state index is 12.1. The second kappa shape index (κ2) is 9.58. The molecular weight excluding hydrogens is 394 g/mol. The summed E-state index contributed by atoms with van der Waals surface area (Å²) in [5, 5.41) is 14.3. The Kier molecular flexibility index (Phi) is 7.13. The van der Waals surface area contributed by atoms with Crippen LogP contribution < -0.4 is 5.32 Å². The van der Waals surface area contributed by atoms with Crippen molar-refractivity contribution in [1.82, 2.24) is 25.0 Å². The van der Waals surface area contributed by atoms with E-state index in [0.717, 1.165) is 23.0 Å². The number of aromatic nitrogens is 1. The smallest absolute Gasteiger partial charge is 0.325 e. The average Bonchev–Trinajstić information content (AvgIpc) is 3.05. The number of H-pyrrole nitrogens is 1. The van der Waals surface area contributed by atoms with Crippen LogP contribution in [0.2, 0.25) is 5.02 Å². The first-order chi connectivity index (χ1) is 13.8. The minimum atomic E-state index is -0.879. The Morgan fingerprint density at radius 1 is 1.28 bits per heavy atom. The summed E-state index contributed by atoms with van der Waals surface area (Å²) in [6.07, 6.45) is 1.75. The van der Waals surface area contributed by atoms with Crippen LogP contribution in [-0.4, -0.2) is 96.6 Å². The van der Waals surface area contributed by atoms with Crippen LogP contribution in [0.25, 0.3) is 10.9 Å². The van der Waals surface area contributed by atoms with Gasteiger partial charge in [-0.05, 0) is 26.2 Å². The van der Waals surface area contributed by atoms with Crippen LogP contribution in [0.15, 0.2) is 24.4 Å². The Balaban J connectivity index is 1.60. The summed E-state index contributed by atoms with van der Waals surface area (Å²) in [5.74, 6) is -0.876. The number of carbonyl (C=O) groups excluding carboxylic acids is 1. The van der Waals surface area contributed by atoms with E-state index in [4.69, 9.17) is 11.6 Å². The molecule has 1 fully saturated rings. The summed E-state index contributed by atoms with van der Waals surface area (Å²) in [7, 11) is 3.93. The fourth-order valence-electron chi connectivity index (χ4n) is 3.69. The van der Waals surface area contributed by atoms with E-state index in [2.05, 4.69) is 15.2 Å². The zero-order valence-electron chi connectivity index (χ0n) is 16.8. The van der Waals surface area contributed by atoms with Crippen molar-refractivity contribution in [1.29, 1.82) is 0 Å². The van der Waals surface area contributed by atoms with Crippen LogP contribution in [0.5, 0.6) is 0 Å². The van der Waals surface area contributed by atoms with Crippen molar-refractivity contribution in [2.75, 3.05) is 59.9 Å². The first-order valence-corrected chi connectivity index (χ1v) is 10.1. The number of aliphatic carboxylic acids is 1. The van der Waals surface area contributed by atoms with Gasteiger partial charge < -0.3 is 20.3 Å². The minimum absolute atomic E-state index is 0.00333. The fourth-order valence-corrected chi connectivity index (χ4v) is 3.86. The highest BCUT2D eigenvalue weighted by atomic mass is 35.5. The number of aromatic amines is 1. The standard InChI is InChI=1S/C20H28ClN5O3/c1-24(2)6-5-22-18(27)13-25-7-9-26(10-8-25)19(20(28)29)16-12-23-17-11-14(21)3-4-15(16)17/h3-4,11-12,19,23H,5-10,13H2,1-2H3,(H,22,27)(H,28,29)/t19-/m1/s1. The molecule has 0 spiro atoms. The lowest BCUT2D eigenvalue weighted by molar-refractivity contribution is -0.144. The molecule has 1 aromatic heterocycles. The van der Waals surface area contributed by atoms with E-state index in [1.54, 1.807) is 18.3 Å². The largest absolute Gasteiger partial charge is 0.480 e. The first kappa shape index (κ1) is 21.6. The molecule has 1 saturated heterocycles. The number of amides is 1. The highest BCUT2D eigenvalue weighted by molar-refractivity contribution is 6.31. The number of hydrogen-bond donors (Lipinski definition) is 3. The van der Waals surface area contributed by atoms with Gasteiger partial charge in [0.15, 0.2) is 0 Å². The Bertz CT molecular complexity index is 861. The Morgan fingerprint density at radius 3 is 2.66 bits per heavy atom. The molecule has 3 rings (SSSR count). The molecule has 8 nitrogen and oxygen atoms in total. The third-order valence-electron chi connectivity index (χ3n) is 5.22. The monoisotopic (exact) mass is 421 g/mol. The van der Waals surface area contributed by atoms with E-state index in [1.807, 2.05) is 30.0 Å². The van der Waals surface area contributed by atoms with Crippen molar-refractivity contribution in [2.24, 2.45) is 0 Å². The first-order valence-electron chi connectivity index (χ1n) is 9.72. The Labute approximate surface area is 175 Å². The zero-order valence-corrected chi connectivity index (χ0v) is 17.6. The number of halogens is 1. The molecule has 1 aliphatic rings. The van der Waals surface area contributed by atoms with Gasteiger partial charge in [0.2, 0.25) is 5.91 Å². The summed E-state index contributed by atoms with van der Waals surface area (Å²) in [4.78, 5) is 33.3. The molecule has 0 saturated carbocycles. The maximum absolute atomic E-state index is 12.1. The lowest BCUT2D eigenvalue weighted by atomic mass is 10.0. The minimum Gasteiger partial charge on any atom is -0.480 e. The van der Waals surface area contributed by atoms with Crippen LogP contribution in [-0.2, 0) is 9.59 Å². The molecule has 1 aromatic carbocycles. The SMILES string of the molecule is CN(C)CCNC(=O)CN1CCN([C@@H](C(=O)O)c2c[nH]c3cc(Cl)ccc23)CC1. The van der Waals surface area contributed by atoms with E-state index < -0.39 is 12.0 Å². The molecule has 9 heteroatoms. The number of nitrogens with one attached hydrogen (secondary N) is 2. The van der Waals surface area contributed by atoms with Crippen LogP contribution >= 0.6 is 11.6 Å². The van der Waals surface area contributed by atoms with E-state index >= 15 is 0 Å². The normalized spacial score (nSPS) is 17.0. The van der Waals surface area contributed by atoms with Gasteiger partial charge in [-0.25, -0.2) is 0 Å². The molecule has 2 aromatic rings. The summed E-state index contributed by atoms with van der Waals surface area (Å²) in [6.45, 7) is 4.24. The summed E-state index contributed by atoms with van der Waals surface area (Å²) < 4.78 is 0. The van der Waals surface area contributed by atoms with Crippen molar-refractivity contribution in [3.05, 3.63) is 35.0 Å². The number of carboxylic acid groups (broad SMARTS) is 1. The average molecular weight is 422 g/mol. The molecule has 0 aliphatic carbocycles. The highest BCUT2D eigenvalue weighted by Crippen LogP contribution is 2.30. The predicted molar refractivity (Wildman–Crippen MR) is 113 cm³/mol. The van der Waals surface area contributed by atoms with Crippen molar-refractivity contribution in [3.63, 3.8) is 0 Å². The van der Waals surface area contributed by atoms with Gasteiger partial charge in [-0.3, -0.25) is 19.4 Å². The van der Waals surface area contributed by atoms with Gasteiger partial charge in [0, 0.05) is 67.0 Å². The topological polar surface area (TPSA) is 91.9 Å². The van der Waals surface area contributed by atoms with Crippen LogP contribution in [0.3, 0.4) is 0 Å².